The number of alkyl halides is 3. The van der Waals surface area contributed by atoms with Crippen molar-refractivity contribution in [3.05, 3.63) is 53.1 Å². The standard InChI is InChI=1S/C26H27F4N5O5/c1-14-19(33-24(38)15-3-5-16(27)6-4-15)11-18-22(40-13-26(28,29)30)21(34(2)23(18)31-14)25(39)32-17-7-9-35(10-8-17)20(37)12-36/h3-6,11,17,36H,7-10,12-13H2,1-2H3,(H,32,39)(H,33,38). The number of ether oxygens (including phenoxy) is 1. The van der Waals surface area contributed by atoms with E-state index in [1.54, 1.807) is 6.92 Å². The third-order valence-corrected chi connectivity index (χ3v) is 6.57. The lowest BCUT2D eigenvalue weighted by molar-refractivity contribution is -0.153. The molecule has 3 heterocycles. The molecule has 40 heavy (non-hydrogen) atoms. The Morgan fingerprint density at radius 1 is 1.12 bits per heavy atom. The van der Waals surface area contributed by atoms with Crippen LogP contribution in [-0.2, 0) is 11.8 Å². The topological polar surface area (TPSA) is 126 Å². The number of aliphatic hydroxyl groups is 1. The third kappa shape index (κ3) is 6.33. The lowest BCUT2D eigenvalue weighted by Gasteiger charge is -2.32. The second-order valence-corrected chi connectivity index (χ2v) is 9.38. The van der Waals surface area contributed by atoms with Crippen molar-refractivity contribution in [3.8, 4) is 5.75 Å². The van der Waals surface area contributed by atoms with Crippen LogP contribution < -0.4 is 15.4 Å². The van der Waals surface area contributed by atoms with Crippen molar-refractivity contribution < 1.29 is 41.8 Å². The van der Waals surface area contributed by atoms with Gasteiger partial charge in [-0.2, -0.15) is 13.2 Å². The van der Waals surface area contributed by atoms with Gasteiger partial charge in [0.15, 0.2) is 18.1 Å². The fourth-order valence-corrected chi connectivity index (χ4v) is 4.51. The normalized spacial score (nSPS) is 14.3. The number of carbonyl (C=O) groups is 3. The molecule has 0 radical (unpaired) electrons. The van der Waals surface area contributed by atoms with Gasteiger partial charge in [-0.1, -0.05) is 0 Å². The van der Waals surface area contributed by atoms with Crippen LogP contribution in [0.3, 0.4) is 0 Å². The van der Waals surface area contributed by atoms with Crippen LogP contribution in [0.15, 0.2) is 30.3 Å². The summed E-state index contributed by atoms with van der Waals surface area (Å²) in [6, 6.07) is 5.79. The molecule has 1 aromatic carbocycles. The quantitative estimate of drug-likeness (QED) is 0.379. The number of amides is 3. The Balaban J connectivity index is 1.65. The minimum absolute atomic E-state index is 0.0697. The second kappa shape index (κ2) is 11.5. The maximum atomic E-state index is 13.3. The number of rotatable bonds is 7. The maximum Gasteiger partial charge on any atom is 0.422 e. The molecule has 0 spiro atoms. The molecular formula is C26H27F4N5O5. The lowest BCUT2D eigenvalue weighted by Crippen LogP contribution is -2.47. The van der Waals surface area contributed by atoms with Crippen LogP contribution in [0.25, 0.3) is 11.0 Å². The fourth-order valence-electron chi connectivity index (χ4n) is 4.51. The highest BCUT2D eigenvalue weighted by Gasteiger charge is 2.33. The molecule has 0 atom stereocenters. The Hall–Kier alpha value is -4.20. The van der Waals surface area contributed by atoms with Crippen molar-refractivity contribution in [3.63, 3.8) is 0 Å². The first-order valence-electron chi connectivity index (χ1n) is 12.3. The lowest BCUT2D eigenvalue weighted by atomic mass is 10.0. The summed E-state index contributed by atoms with van der Waals surface area (Å²) in [4.78, 5) is 43.6. The van der Waals surface area contributed by atoms with Crippen LogP contribution in [0, 0.1) is 12.7 Å². The zero-order valence-electron chi connectivity index (χ0n) is 21.6. The smallest absolute Gasteiger partial charge is 0.422 e. The Morgan fingerprint density at radius 2 is 1.77 bits per heavy atom. The highest BCUT2D eigenvalue weighted by Crippen LogP contribution is 2.36. The average molecular weight is 566 g/mol. The van der Waals surface area contributed by atoms with E-state index < -0.39 is 42.9 Å². The highest BCUT2D eigenvalue weighted by molar-refractivity contribution is 6.07. The monoisotopic (exact) mass is 565 g/mol. The number of piperidine rings is 1. The number of likely N-dealkylation sites (tertiary alicyclic amines) is 1. The molecule has 0 aliphatic carbocycles. The van der Waals surface area contributed by atoms with E-state index >= 15 is 0 Å². The van der Waals surface area contributed by atoms with E-state index in [2.05, 4.69) is 15.6 Å². The summed E-state index contributed by atoms with van der Waals surface area (Å²) in [5.41, 5.74) is 0.593. The van der Waals surface area contributed by atoms with Crippen molar-refractivity contribution in [2.24, 2.45) is 7.05 Å². The predicted molar refractivity (Wildman–Crippen MR) is 136 cm³/mol. The number of aromatic nitrogens is 2. The number of aryl methyl sites for hydroxylation is 2. The SMILES string of the molecule is Cc1nc2c(cc1NC(=O)c1ccc(F)cc1)c(OCC(F)(F)F)c(C(=O)NC1CCN(C(=O)CO)CC1)n2C. The van der Waals surface area contributed by atoms with Gasteiger partial charge in [-0.15, -0.1) is 0 Å². The van der Waals surface area contributed by atoms with Crippen LogP contribution in [0.4, 0.5) is 23.2 Å². The van der Waals surface area contributed by atoms with E-state index in [9.17, 15) is 31.9 Å². The summed E-state index contributed by atoms with van der Waals surface area (Å²) in [6.07, 6.45) is -3.92. The molecule has 3 amide bonds. The summed E-state index contributed by atoms with van der Waals surface area (Å²) in [7, 11) is 1.46. The number of hydrogen-bond donors (Lipinski definition) is 3. The van der Waals surface area contributed by atoms with Crippen LogP contribution in [0.5, 0.6) is 5.75 Å². The zero-order valence-corrected chi connectivity index (χ0v) is 21.6. The Labute approximate surface area is 225 Å². The van der Waals surface area contributed by atoms with Crippen LogP contribution in [0.1, 0.15) is 39.4 Å². The number of pyridine rings is 1. The number of halogens is 4. The minimum atomic E-state index is -4.69. The summed E-state index contributed by atoms with van der Waals surface area (Å²) >= 11 is 0. The van der Waals surface area contributed by atoms with Crippen molar-refractivity contribution in [2.45, 2.75) is 32.0 Å². The van der Waals surface area contributed by atoms with Crippen molar-refractivity contribution >= 4 is 34.4 Å². The van der Waals surface area contributed by atoms with Gasteiger partial charge in [0.1, 0.15) is 18.1 Å². The molecule has 0 bridgehead atoms. The number of fused-ring (bicyclic) bond motifs is 1. The molecule has 3 aromatic rings. The fraction of sp³-hybridized carbons (Fsp3) is 0.385. The maximum absolute atomic E-state index is 13.3. The van der Waals surface area contributed by atoms with Gasteiger partial charge in [0, 0.05) is 31.7 Å². The van der Waals surface area contributed by atoms with Gasteiger partial charge in [0.25, 0.3) is 11.8 Å². The molecule has 0 unspecified atom stereocenters. The van der Waals surface area contributed by atoms with Gasteiger partial charge in [-0.3, -0.25) is 14.4 Å². The molecule has 214 valence electrons. The van der Waals surface area contributed by atoms with E-state index in [-0.39, 0.29) is 39.8 Å². The molecule has 10 nitrogen and oxygen atoms in total. The van der Waals surface area contributed by atoms with Crippen molar-refractivity contribution in [2.75, 3.05) is 31.6 Å². The summed E-state index contributed by atoms with van der Waals surface area (Å²) in [5.74, 6) is -2.60. The van der Waals surface area contributed by atoms with Crippen LogP contribution in [-0.4, -0.2) is 75.8 Å². The number of anilines is 1. The Morgan fingerprint density at radius 3 is 2.38 bits per heavy atom. The molecule has 2 aromatic heterocycles. The van der Waals surface area contributed by atoms with E-state index in [1.165, 1.54) is 34.7 Å². The first kappa shape index (κ1) is 28.8. The van der Waals surface area contributed by atoms with Gasteiger partial charge >= 0.3 is 6.18 Å². The van der Waals surface area contributed by atoms with E-state index in [0.717, 1.165) is 12.1 Å². The number of nitrogens with one attached hydrogen (secondary N) is 2. The minimum Gasteiger partial charge on any atom is -0.481 e. The molecule has 3 N–H and O–H groups in total. The van der Waals surface area contributed by atoms with Gasteiger partial charge in [0.05, 0.1) is 16.8 Å². The largest absolute Gasteiger partial charge is 0.481 e. The number of benzene rings is 1. The predicted octanol–water partition coefficient (Wildman–Crippen LogP) is 2.93. The number of nitrogens with zero attached hydrogens (tertiary/aromatic N) is 3. The molecular weight excluding hydrogens is 538 g/mol. The highest BCUT2D eigenvalue weighted by atomic mass is 19.4. The summed E-state index contributed by atoms with van der Waals surface area (Å²) in [5, 5.41) is 14.5. The first-order valence-corrected chi connectivity index (χ1v) is 12.3. The molecule has 1 aliphatic heterocycles. The number of carbonyl (C=O) groups excluding carboxylic acids is 3. The second-order valence-electron chi connectivity index (χ2n) is 9.38. The van der Waals surface area contributed by atoms with E-state index in [4.69, 9.17) is 9.84 Å². The van der Waals surface area contributed by atoms with Gasteiger partial charge < -0.3 is 29.9 Å². The summed E-state index contributed by atoms with van der Waals surface area (Å²) < 4.78 is 59.1. The Kier molecular flexibility index (Phi) is 8.28. The molecule has 1 aliphatic rings. The molecule has 1 fully saturated rings. The van der Waals surface area contributed by atoms with Crippen molar-refractivity contribution in [1.82, 2.24) is 19.8 Å². The van der Waals surface area contributed by atoms with Crippen molar-refractivity contribution in [1.29, 1.82) is 0 Å². The first-order chi connectivity index (χ1) is 18.9. The molecule has 1 saturated heterocycles. The van der Waals surface area contributed by atoms with Gasteiger partial charge in [0.2, 0.25) is 5.91 Å². The molecule has 0 saturated carbocycles. The molecule has 14 heteroatoms. The Bertz CT molecular complexity index is 1430. The van der Waals surface area contributed by atoms with Gasteiger partial charge in [-0.25, -0.2) is 9.37 Å². The summed E-state index contributed by atoms with van der Waals surface area (Å²) in [6.45, 7) is -0.113. The van der Waals surface area contributed by atoms with E-state index in [0.29, 0.717) is 31.6 Å². The molecule has 4 rings (SSSR count). The van der Waals surface area contributed by atoms with Gasteiger partial charge in [-0.05, 0) is 50.1 Å². The van der Waals surface area contributed by atoms with Crippen LogP contribution in [0.2, 0.25) is 0 Å². The third-order valence-electron chi connectivity index (χ3n) is 6.57. The van der Waals surface area contributed by atoms with E-state index in [1.807, 2.05) is 0 Å². The van der Waals surface area contributed by atoms with Crippen LogP contribution >= 0.6 is 0 Å². The average Bonchev–Trinajstić information content (AvgIpc) is 3.17. The number of aliphatic hydroxyl groups excluding tert-OH is 1. The zero-order chi connectivity index (χ0) is 29.2. The number of hydrogen-bond acceptors (Lipinski definition) is 6.